The molecule has 1 aromatic heterocycles. The highest BCUT2D eigenvalue weighted by Crippen LogP contribution is 2.31. The molecular formula is C19H29N5O3. The predicted molar refractivity (Wildman–Crippen MR) is 100 cm³/mol. The van der Waals surface area contributed by atoms with Gasteiger partial charge in [-0.2, -0.15) is 5.10 Å². The number of aromatic nitrogens is 2. The smallest absolute Gasteiger partial charge is 0.257 e. The maximum Gasteiger partial charge on any atom is 0.257 e. The lowest BCUT2D eigenvalue weighted by atomic mass is 9.90. The third-order valence-electron chi connectivity index (χ3n) is 5.86. The quantitative estimate of drug-likeness (QED) is 0.834. The Kier molecular flexibility index (Phi) is 5.82. The highest BCUT2D eigenvalue weighted by atomic mass is 16.2. The van der Waals surface area contributed by atoms with Gasteiger partial charge in [-0.3, -0.25) is 19.5 Å². The number of rotatable bonds is 5. The molecule has 3 heterocycles. The van der Waals surface area contributed by atoms with Gasteiger partial charge in [0.05, 0.1) is 23.4 Å². The Labute approximate surface area is 159 Å². The second-order valence-corrected chi connectivity index (χ2v) is 7.45. The van der Waals surface area contributed by atoms with Crippen molar-refractivity contribution in [3.05, 3.63) is 17.5 Å². The van der Waals surface area contributed by atoms with E-state index in [4.69, 9.17) is 0 Å². The second-order valence-electron chi connectivity index (χ2n) is 7.45. The monoisotopic (exact) mass is 375 g/mol. The first-order valence-corrected chi connectivity index (χ1v) is 9.81. The minimum absolute atomic E-state index is 0.00904. The molecule has 8 nitrogen and oxygen atoms in total. The first-order chi connectivity index (χ1) is 13.0. The van der Waals surface area contributed by atoms with Crippen LogP contribution in [0.5, 0.6) is 0 Å². The van der Waals surface area contributed by atoms with Crippen molar-refractivity contribution in [2.45, 2.75) is 39.0 Å². The molecule has 27 heavy (non-hydrogen) atoms. The third-order valence-corrected chi connectivity index (χ3v) is 5.86. The zero-order chi connectivity index (χ0) is 19.6. The summed E-state index contributed by atoms with van der Waals surface area (Å²) >= 11 is 0. The van der Waals surface area contributed by atoms with Gasteiger partial charge < -0.3 is 14.7 Å². The molecular weight excluding hydrogens is 346 g/mol. The summed E-state index contributed by atoms with van der Waals surface area (Å²) < 4.78 is 0. The van der Waals surface area contributed by atoms with Gasteiger partial charge in [0.1, 0.15) is 0 Å². The largest absolute Gasteiger partial charge is 0.345 e. The molecule has 8 heteroatoms. The molecule has 1 atom stereocenters. The lowest BCUT2D eigenvalue weighted by Crippen LogP contribution is -2.42. The summed E-state index contributed by atoms with van der Waals surface area (Å²) in [6.07, 6.45) is 3.53. The van der Waals surface area contributed by atoms with E-state index in [1.165, 1.54) is 0 Å². The SMILES string of the molecule is CCN(CC)C(=O)c1cn[nH]c1C1CCN(C(=O)[C@H]2CC(=O)N(C)C2)CC1. The fraction of sp³-hybridized carbons (Fsp3) is 0.684. The number of carbonyl (C=O) groups is 3. The molecule has 0 aliphatic carbocycles. The summed E-state index contributed by atoms with van der Waals surface area (Å²) in [6, 6.07) is 0. The molecule has 0 radical (unpaired) electrons. The molecule has 0 bridgehead atoms. The molecule has 2 aliphatic heterocycles. The Morgan fingerprint density at radius 1 is 1.26 bits per heavy atom. The van der Waals surface area contributed by atoms with Crippen LogP contribution in [0.25, 0.3) is 0 Å². The predicted octanol–water partition coefficient (Wildman–Crippen LogP) is 1.08. The van der Waals surface area contributed by atoms with Crippen LogP contribution in [0.4, 0.5) is 0 Å². The molecule has 3 amide bonds. The van der Waals surface area contributed by atoms with Crippen molar-refractivity contribution in [1.29, 1.82) is 0 Å². The molecule has 2 saturated heterocycles. The number of nitrogens with one attached hydrogen (secondary N) is 1. The molecule has 0 aromatic carbocycles. The molecule has 0 saturated carbocycles. The number of carbonyl (C=O) groups excluding carboxylic acids is 3. The minimum Gasteiger partial charge on any atom is -0.345 e. The summed E-state index contributed by atoms with van der Waals surface area (Å²) in [5, 5.41) is 7.13. The van der Waals surface area contributed by atoms with E-state index in [1.54, 1.807) is 23.0 Å². The molecule has 0 spiro atoms. The van der Waals surface area contributed by atoms with Gasteiger partial charge >= 0.3 is 0 Å². The van der Waals surface area contributed by atoms with Crippen LogP contribution in [0.3, 0.4) is 0 Å². The third kappa shape index (κ3) is 3.84. The summed E-state index contributed by atoms with van der Waals surface area (Å²) in [5.74, 6) is 0.107. The standard InChI is InChI=1S/C19H29N5O3/c1-4-23(5-2)19(27)15-11-20-21-17(15)13-6-8-24(9-7-13)18(26)14-10-16(25)22(3)12-14/h11,13-14H,4-10,12H2,1-3H3,(H,20,21)/t14-/m0/s1. The molecule has 148 valence electrons. The van der Waals surface area contributed by atoms with Crippen LogP contribution in [-0.2, 0) is 9.59 Å². The lowest BCUT2D eigenvalue weighted by Gasteiger charge is -2.33. The van der Waals surface area contributed by atoms with Gasteiger partial charge in [0.25, 0.3) is 5.91 Å². The molecule has 0 unspecified atom stereocenters. The molecule has 3 rings (SSSR count). The number of hydrogen-bond acceptors (Lipinski definition) is 4. The maximum absolute atomic E-state index is 12.7. The first kappa shape index (κ1) is 19.4. The number of amides is 3. The molecule has 2 aliphatic rings. The number of piperidine rings is 1. The van der Waals surface area contributed by atoms with E-state index in [1.807, 2.05) is 18.7 Å². The number of hydrogen-bond donors (Lipinski definition) is 1. The van der Waals surface area contributed by atoms with Crippen molar-refractivity contribution in [2.75, 3.05) is 39.8 Å². The van der Waals surface area contributed by atoms with Crippen LogP contribution in [0.2, 0.25) is 0 Å². The van der Waals surface area contributed by atoms with Crippen LogP contribution in [0.1, 0.15) is 55.1 Å². The number of aromatic amines is 1. The summed E-state index contributed by atoms with van der Waals surface area (Å²) in [7, 11) is 1.74. The summed E-state index contributed by atoms with van der Waals surface area (Å²) in [5.41, 5.74) is 1.53. The zero-order valence-electron chi connectivity index (χ0n) is 16.4. The number of likely N-dealkylation sites (tertiary alicyclic amines) is 2. The zero-order valence-corrected chi connectivity index (χ0v) is 16.4. The highest BCUT2D eigenvalue weighted by Gasteiger charge is 2.36. The van der Waals surface area contributed by atoms with Gasteiger partial charge in [0.2, 0.25) is 11.8 Å². The van der Waals surface area contributed by atoms with Gasteiger partial charge in [-0.1, -0.05) is 0 Å². The topological polar surface area (TPSA) is 89.6 Å². The molecule has 1 N–H and O–H groups in total. The van der Waals surface area contributed by atoms with Crippen molar-refractivity contribution >= 4 is 17.7 Å². The number of nitrogens with zero attached hydrogens (tertiary/aromatic N) is 4. The van der Waals surface area contributed by atoms with Crippen LogP contribution in [-0.4, -0.2) is 82.4 Å². The lowest BCUT2D eigenvalue weighted by molar-refractivity contribution is -0.136. The van der Waals surface area contributed by atoms with Gasteiger partial charge in [-0.25, -0.2) is 0 Å². The van der Waals surface area contributed by atoms with E-state index >= 15 is 0 Å². The highest BCUT2D eigenvalue weighted by molar-refractivity contribution is 5.95. The normalized spacial score (nSPS) is 21.0. The van der Waals surface area contributed by atoms with E-state index < -0.39 is 0 Å². The van der Waals surface area contributed by atoms with E-state index in [-0.39, 0.29) is 29.6 Å². The van der Waals surface area contributed by atoms with Gasteiger partial charge in [-0.05, 0) is 26.7 Å². The van der Waals surface area contributed by atoms with E-state index in [2.05, 4.69) is 10.2 Å². The Morgan fingerprint density at radius 2 is 1.93 bits per heavy atom. The van der Waals surface area contributed by atoms with Crippen LogP contribution in [0, 0.1) is 5.92 Å². The average molecular weight is 375 g/mol. The average Bonchev–Trinajstić information content (AvgIpc) is 3.29. The van der Waals surface area contributed by atoms with Crippen molar-refractivity contribution in [3.8, 4) is 0 Å². The Balaban J connectivity index is 1.62. The van der Waals surface area contributed by atoms with Crippen molar-refractivity contribution < 1.29 is 14.4 Å². The molecule has 1 aromatic rings. The minimum atomic E-state index is -0.217. The van der Waals surface area contributed by atoms with Crippen molar-refractivity contribution in [3.63, 3.8) is 0 Å². The van der Waals surface area contributed by atoms with Gasteiger partial charge in [-0.15, -0.1) is 0 Å². The van der Waals surface area contributed by atoms with E-state index in [0.29, 0.717) is 44.7 Å². The van der Waals surface area contributed by atoms with E-state index in [9.17, 15) is 14.4 Å². The van der Waals surface area contributed by atoms with Gasteiger partial charge in [0.15, 0.2) is 0 Å². The summed E-state index contributed by atoms with van der Waals surface area (Å²) in [4.78, 5) is 42.4. The molecule has 2 fully saturated rings. The van der Waals surface area contributed by atoms with Crippen LogP contribution >= 0.6 is 0 Å². The van der Waals surface area contributed by atoms with E-state index in [0.717, 1.165) is 18.5 Å². The fourth-order valence-electron chi connectivity index (χ4n) is 4.13. The fourth-order valence-corrected chi connectivity index (χ4v) is 4.13. The first-order valence-electron chi connectivity index (χ1n) is 9.81. The van der Waals surface area contributed by atoms with Crippen molar-refractivity contribution in [2.24, 2.45) is 5.92 Å². The van der Waals surface area contributed by atoms with Crippen molar-refractivity contribution in [1.82, 2.24) is 24.9 Å². The van der Waals surface area contributed by atoms with Crippen LogP contribution < -0.4 is 0 Å². The number of H-pyrrole nitrogens is 1. The Hall–Kier alpha value is -2.38. The maximum atomic E-state index is 12.7. The Bertz CT molecular complexity index is 704. The Morgan fingerprint density at radius 3 is 2.48 bits per heavy atom. The summed E-state index contributed by atoms with van der Waals surface area (Å²) in [6.45, 7) is 7.09. The second kappa shape index (κ2) is 8.10. The van der Waals surface area contributed by atoms with Crippen LogP contribution in [0.15, 0.2) is 6.20 Å². The van der Waals surface area contributed by atoms with Gasteiger partial charge in [0, 0.05) is 52.1 Å².